The maximum Gasteiger partial charge on any atom is 0.253 e. The Hall–Kier alpha value is -0.910. The number of likely N-dealkylation sites (tertiary alicyclic amines) is 1. The molecule has 1 atom stereocenters. The molecule has 0 N–H and O–H groups in total. The summed E-state index contributed by atoms with van der Waals surface area (Å²) in [7, 11) is 0. The van der Waals surface area contributed by atoms with E-state index in [1.165, 1.54) is 5.56 Å². The second-order valence-corrected chi connectivity index (χ2v) is 6.67. The summed E-state index contributed by atoms with van der Waals surface area (Å²) in [6, 6.07) is 8.36. The smallest absolute Gasteiger partial charge is 0.253 e. The van der Waals surface area contributed by atoms with Crippen molar-refractivity contribution in [3.63, 3.8) is 0 Å². The number of hydrogen-bond donors (Lipinski definition) is 0. The van der Waals surface area contributed by atoms with Crippen LogP contribution in [0.15, 0.2) is 28.7 Å². The van der Waals surface area contributed by atoms with E-state index < -0.39 is 0 Å². The van der Waals surface area contributed by atoms with E-state index in [1.807, 2.05) is 4.90 Å². The predicted molar refractivity (Wildman–Crippen MR) is 85.0 cm³/mol. The predicted octanol–water partition coefficient (Wildman–Crippen LogP) is 2.27. The zero-order valence-corrected chi connectivity index (χ0v) is 13.7. The van der Waals surface area contributed by atoms with Gasteiger partial charge >= 0.3 is 0 Å². The van der Waals surface area contributed by atoms with Crippen molar-refractivity contribution in [2.45, 2.75) is 25.5 Å². The molecular weight excluding hydrogens is 332 g/mol. The molecule has 21 heavy (non-hydrogen) atoms. The highest BCUT2D eigenvalue weighted by Gasteiger charge is 2.31. The molecule has 0 radical (unpaired) electrons. The fraction of sp³-hybridized carbons (Fsp3) is 0.562. The Kier molecular flexibility index (Phi) is 4.93. The van der Waals surface area contributed by atoms with Crippen LogP contribution in [0.2, 0.25) is 0 Å². The van der Waals surface area contributed by atoms with Crippen molar-refractivity contribution in [2.24, 2.45) is 0 Å². The van der Waals surface area contributed by atoms with Crippen molar-refractivity contribution in [3.8, 4) is 0 Å². The lowest BCUT2D eigenvalue weighted by molar-refractivity contribution is -0.148. The van der Waals surface area contributed by atoms with Gasteiger partial charge in [-0.05, 0) is 30.5 Å². The molecule has 4 nitrogen and oxygen atoms in total. The Morgan fingerprint density at radius 1 is 1.19 bits per heavy atom. The van der Waals surface area contributed by atoms with Crippen LogP contribution in [0.3, 0.4) is 0 Å². The molecule has 0 spiro atoms. The Morgan fingerprint density at radius 3 is 2.62 bits per heavy atom. The molecule has 1 amide bonds. The Labute approximate surface area is 134 Å². The first-order valence-electron chi connectivity index (χ1n) is 7.59. The zero-order valence-electron chi connectivity index (χ0n) is 12.1. The maximum atomic E-state index is 12.4. The fourth-order valence-electron chi connectivity index (χ4n) is 2.98. The minimum atomic E-state index is -0.285. The summed E-state index contributed by atoms with van der Waals surface area (Å²) in [6.45, 7) is 4.89. The topological polar surface area (TPSA) is 32.8 Å². The van der Waals surface area contributed by atoms with E-state index >= 15 is 0 Å². The van der Waals surface area contributed by atoms with E-state index in [-0.39, 0.29) is 12.0 Å². The number of ether oxygens (including phenoxy) is 1. The van der Waals surface area contributed by atoms with E-state index in [4.69, 9.17) is 4.74 Å². The number of nitrogens with zero attached hydrogens (tertiary/aromatic N) is 2. The van der Waals surface area contributed by atoms with Gasteiger partial charge in [-0.3, -0.25) is 9.69 Å². The first-order chi connectivity index (χ1) is 10.2. The SMILES string of the molecule is O=C(C1CN(Cc2ccc(Br)cc2)CCO1)N1CCCC1. The molecule has 114 valence electrons. The highest BCUT2D eigenvalue weighted by atomic mass is 79.9. The standard InChI is InChI=1S/C16H21BrN2O2/c17-14-5-3-13(4-6-14)11-18-9-10-21-15(12-18)16(20)19-7-1-2-8-19/h3-6,15H,1-2,7-12H2. The summed E-state index contributed by atoms with van der Waals surface area (Å²) >= 11 is 3.45. The van der Waals surface area contributed by atoms with Crippen LogP contribution in [-0.4, -0.2) is 54.6 Å². The molecule has 1 aromatic rings. The van der Waals surface area contributed by atoms with Gasteiger partial charge in [0.15, 0.2) is 0 Å². The highest BCUT2D eigenvalue weighted by molar-refractivity contribution is 9.10. The normalized spacial score (nSPS) is 23.5. The average molecular weight is 353 g/mol. The van der Waals surface area contributed by atoms with Crippen LogP contribution in [0.4, 0.5) is 0 Å². The summed E-state index contributed by atoms with van der Waals surface area (Å²) in [5.74, 6) is 0.174. The molecule has 2 fully saturated rings. The van der Waals surface area contributed by atoms with Crippen LogP contribution in [0, 0.1) is 0 Å². The maximum absolute atomic E-state index is 12.4. The third kappa shape index (κ3) is 3.84. The molecule has 0 saturated carbocycles. The first-order valence-corrected chi connectivity index (χ1v) is 8.39. The zero-order chi connectivity index (χ0) is 14.7. The van der Waals surface area contributed by atoms with E-state index in [1.54, 1.807) is 0 Å². The van der Waals surface area contributed by atoms with E-state index in [0.717, 1.165) is 43.5 Å². The number of rotatable bonds is 3. The molecule has 2 aliphatic heterocycles. The number of carbonyl (C=O) groups excluding carboxylic acids is 1. The Morgan fingerprint density at radius 2 is 1.90 bits per heavy atom. The number of amides is 1. The number of morpholine rings is 1. The second-order valence-electron chi connectivity index (χ2n) is 5.75. The van der Waals surface area contributed by atoms with Crippen molar-refractivity contribution < 1.29 is 9.53 Å². The molecule has 2 saturated heterocycles. The van der Waals surface area contributed by atoms with Crippen molar-refractivity contribution in [2.75, 3.05) is 32.8 Å². The number of carbonyl (C=O) groups is 1. The summed E-state index contributed by atoms with van der Waals surface area (Å²) < 4.78 is 6.79. The third-order valence-corrected chi connectivity index (χ3v) is 4.69. The van der Waals surface area contributed by atoms with Gasteiger partial charge < -0.3 is 9.64 Å². The van der Waals surface area contributed by atoms with Crippen molar-refractivity contribution in [1.82, 2.24) is 9.80 Å². The highest BCUT2D eigenvalue weighted by Crippen LogP contribution is 2.17. The largest absolute Gasteiger partial charge is 0.366 e. The van der Waals surface area contributed by atoms with Gasteiger partial charge in [0.25, 0.3) is 5.91 Å². The van der Waals surface area contributed by atoms with Crippen LogP contribution < -0.4 is 0 Å². The van der Waals surface area contributed by atoms with Gasteiger partial charge in [0.2, 0.25) is 0 Å². The molecule has 0 bridgehead atoms. The van der Waals surface area contributed by atoms with Gasteiger partial charge in [-0.25, -0.2) is 0 Å². The molecule has 5 heteroatoms. The van der Waals surface area contributed by atoms with E-state index in [2.05, 4.69) is 45.1 Å². The van der Waals surface area contributed by atoms with Gasteiger partial charge in [0, 0.05) is 37.2 Å². The molecule has 3 rings (SSSR count). The van der Waals surface area contributed by atoms with Crippen molar-refractivity contribution >= 4 is 21.8 Å². The summed E-state index contributed by atoms with van der Waals surface area (Å²) in [5, 5.41) is 0. The lowest BCUT2D eigenvalue weighted by atomic mass is 10.2. The minimum absolute atomic E-state index is 0.174. The van der Waals surface area contributed by atoms with Crippen LogP contribution in [0.25, 0.3) is 0 Å². The van der Waals surface area contributed by atoms with Gasteiger partial charge in [-0.2, -0.15) is 0 Å². The van der Waals surface area contributed by atoms with Crippen LogP contribution >= 0.6 is 15.9 Å². The van der Waals surface area contributed by atoms with Crippen molar-refractivity contribution in [1.29, 1.82) is 0 Å². The van der Waals surface area contributed by atoms with Gasteiger partial charge in [0.1, 0.15) is 6.10 Å². The molecule has 0 aliphatic carbocycles. The lowest BCUT2D eigenvalue weighted by Gasteiger charge is -2.34. The summed E-state index contributed by atoms with van der Waals surface area (Å²) in [6.07, 6.45) is 1.97. The molecule has 2 heterocycles. The summed E-state index contributed by atoms with van der Waals surface area (Å²) in [5.41, 5.74) is 1.27. The molecule has 1 unspecified atom stereocenters. The number of hydrogen-bond acceptors (Lipinski definition) is 3. The monoisotopic (exact) mass is 352 g/mol. The Balaban J connectivity index is 1.57. The van der Waals surface area contributed by atoms with Gasteiger partial charge in [-0.15, -0.1) is 0 Å². The molecule has 0 aromatic heterocycles. The molecule has 1 aromatic carbocycles. The summed E-state index contributed by atoms with van der Waals surface area (Å²) in [4.78, 5) is 16.7. The van der Waals surface area contributed by atoms with E-state index in [9.17, 15) is 4.79 Å². The number of halogens is 1. The van der Waals surface area contributed by atoms with Crippen LogP contribution in [-0.2, 0) is 16.1 Å². The molecule has 2 aliphatic rings. The second kappa shape index (κ2) is 6.90. The first kappa shape index (κ1) is 15.0. The van der Waals surface area contributed by atoms with Gasteiger partial charge in [-0.1, -0.05) is 28.1 Å². The molecular formula is C16H21BrN2O2. The Bertz CT molecular complexity index is 486. The minimum Gasteiger partial charge on any atom is -0.366 e. The van der Waals surface area contributed by atoms with Gasteiger partial charge in [0.05, 0.1) is 6.61 Å². The average Bonchev–Trinajstić information content (AvgIpc) is 3.03. The van der Waals surface area contributed by atoms with Crippen LogP contribution in [0.1, 0.15) is 18.4 Å². The van der Waals surface area contributed by atoms with E-state index in [0.29, 0.717) is 13.2 Å². The van der Waals surface area contributed by atoms with Crippen molar-refractivity contribution in [3.05, 3.63) is 34.3 Å². The fourth-order valence-corrected chi connectivity index (χ4v) is 3.25. The third-order valence-electron chi connectivity index (χ3n) is 4.16. The lowest BCUT2D eigenvalue weighted by Crippen LogP contribution is -2.50. The quantitative estimate of drug-likeness (QED) is 0.836. The number of benzene rings is 1. The van der Waals surface area contributed by atoms with Crippen LogP contribution in [0.5, 0.6) is 0 Å².